The first-order valence-corrected chi connectivity index (χ1v) is 9.46. The molecule has 0 saturated carbocycles. The van der Waals surface area contributed by atoms with E-state index < -0.39 is 0 Å². The number of aromatic nitrogens is 1. The summed E-state index contributed by atoms with van der Waals surface area (Å²) >= 11 is 0. The smallest absolute Gasteiger partial charge is 0.338 e. The Morgan fingerprint density at radius 2 is 1.69 bits per heavy atom. The van der Waals surface area contributed by atoms with Gasteiger partial charge in [-0.2, -0.15) is 0 Å². The summed E-state index contributed by atoms with van der Waals surface area (Å²) in [5, 5.41) is 0. The van der Waals surface area contributed by atoms with Crippen molar-refractivity contribution in [2.75, 3.05) is 0 Å². The maximum Gasteiger partial charge on any atom is 0.338 e. The molecule has 3 aromatic rings. The van der Waals surface area contributed by atoms with Gasteiger partial charge in [0.2, 0.25) is 0 Å². The van der Waals surface area contributed by atoms with Crippen molar-refractivity contribution >= 4 is 11.8 Å². The van der Waals surface area contributed by atoms with Gasteiger partial charge in [0, 0.05) is 24.4 Å². The number of hydrogen-bond donors (Lipinski definition) is 0. The van der Waals surface area contributed by atoms with Crippen LogP contribution in [0.25, 0.3) is 0 Å². The average Bonchev–Trinajstić information content (AvgIpc) is 2.76. The lowest BCUT2D eigenvalue weighted by atomic mass is 10.1. The minimum absolute atomic E-state index is 0.184. The molecule has 148 valence electrons. The van der Waals surface area contributed by atoms with Crippen molar-refractivity contribution < 1.29 is 19.1 Å². The summed E-state index contributed by atoms with van der Waals surface area (Å²) in [6, 6.07) is 18.6. The standard InChI is InChI=1S/C24H23NO4/c1-18(26)7-8-19-9-11-23(12-10-19)28-16-20-4-2-6-22(14-20)24(27)29-17-21-5-3-13-25-15-21/h2-6,9-15H,7-8,16-17H2,1H3. The number of ketones is 1. The van der Waals surface area contributed by atoms with Crippen molar-refractivity contribution in [2.24, 2.45) is 0 Å². The molecule has 0 bridgehead atoms. The monoisotopic (exact) mass is 389 g/mol. The average molecular weight is 389 g/mol. The Bertz CT molecular complexity index is 952. The van der Waals surface area contributed by atoms with E-state index in [1.165, 1.54) is 0 Å². The van der Waals surface area contributed by atoms with Crippen molar-refractivity contribution in [1.82, 2.24) is 4.98 Å². The van der Waals surface area contributed by atoms with E-state index in [0.29, 0.717) is 18.6 Å². The van der Waals surface area contributed by atoms with Crippen LogP contribution < -0.4 is 4.74 Å². The third-order valence-electron chi connectivity index (χ3n) is 4.35. The number of Topliss-reactive ketones (excluding diaryl/α,β-unsaturated/α-hetero) is 1. The maximum absolute atomic E-state index is 12.3. The van der Waals surface area contributed by atoms with E-state index in [2.05, 4.69) is 4.98 Å². The first kappa shape index (κ1) is 20.3. The zero-order valence-electron chi connectivity index (χ0n) is 16.3. The number of ether oxygens (including phenoxy) is 2. The lowest BCUT2D eigenvalue weighted by Crippen LogP contribution is -2.06. The molecule has 0 saturated heterocycles. The van der Waals surface area contributed by atoms with Gasteiger partial charge in [-0.25, -0.2) is 4.79 Å². The van der Waals surface area contributed by atoms with Gasteiger partial charge in [0.05, 0.1) is 5.56 Å². The highest BCUT2D eigenvalue weighted by Crippen LogP contribution is 2.16. The highest BCUT2D eigenvalue weighted by atomic mass is 16.5. The molecule has 0 aliphatic rings. The van der Waals surface area contributed by atoms with Crippen LogP contribution in [0.4, 0.5) is 0 Å². The predicted molar refractivity (Wildman–Crippen MR) is 110 cm³/mol. The molecular weight excluding hydrogens is 366 g/mol. The third-order valence-corrected chi connectivity index (χ3v) is 4.35. The number of nitrogens with zero attached hydrogens (tertiary/aromatic N) is 1. The largest absolute Gasteiger partial charge is 0.489 e. The van der Waals surface area contributed by atoms with Crippen molar-refractivity contribution in [3.8, 4) is 5.75 Å². The number of hydrogen-bond acceptors (Lipinski definition) is 5. The van der Waals surface area contributed by atoms with Crippen LogP contribution in [-0.4, -0.2) is 16.7 Å². The second kappa shape index (κ2) is 10.2. The van der Waals surface area contributed by atoms with Gasteiger partial charge in [-0.3, -0.25) is 4.98 Å². The van der Waals surface area contributed by atoms with Gasteiger partial charge < -0.3 is 14.3 Å². The van der Waals surface area contributed by atoms with E-state index in [4.69, 9.17) is 9.47 Å². The molecule has 0 unspecified atom stereocenters. The minimum atomic E-state index is -0.384. The Morgan fingerprint density at radius 3 is 2.41 bits per heavy atom. The molecular formula is C24H23NO4. The van der Waals surface area contributed by atoms with Crippen molar-refractivity contribution in [3.63, 3.8) is 0 Å². The quantitative estimate of drug-likeness (QED) is 0.503. The lowest BCUT2D eigenvalue weighted by Gasteiger charge is -2.09. The van der Waals surface area contributed by atoms with Crippen molar-refractivity contribution in [3.05, 3.63) is 95.3 Å². The summed E-state index contributed by atoms with van der Waals surface area (Å²) in [6.45, 7) is 2.13. The fourth-order valence-corrected chi connectivity index (χ4v) is 2.74. The van der Waals surface area contributed by atoms with Gasteiger partial charge in [-0.05, 0) is 54.8 Å². The molecule has 1 heterocycles. The Kier molecular flexibility index (Phi) is 7.11. The topological polar surface area (TPSA) is 65.5 Å². The summed E-state index contributed by atoms with van der Waals surface area (Å²) in [7, 11) is 0. The first-order chi connectivity index (χ1) is 14.1. The van der Waals surface area contributed by atoms with E-state index in [-0.39, 0.29) is 18.4 Å². The van der Waals surface area contributed by atoms with Gasteiger partial charge in [-0.15, -0.1) is 0 Å². The molecule has 5 nitrogen and oxygen atoms in total. The zero-order valence-corrected chi connectivity index (χ0v) is 16.3. The van der Waals surface area contributed by atoms with E-state index in [9.17, 15) is 9.59 Å². The van der Waals surface area contributed by atoms with Crippen LogP contribution in [0.15, 0.2) is 73.1 Å². The SMILES string of the molecule is CC(=O)CCc1ccc(OCc2cccc(C(=O)OCc3cccnc3)c2)cc1. The molecule has 0 spiro atoms. The number of carbonyl (C=O) groups excluding carboxylic acids is 2. The number of carbonyl (C=O) groups is 2. The molecule has 0 aliphatic heterocycles. The summed E-state index contributed by atoms with van der Waals surface area (Å²) in [5.41, 5.74) is 3.30. The third kappa shape index (κ3) is 6.57. The van der Waals surface area contributed by atoms with Crippen LogP contribution in [0.3, 0.4) is 0 Å². The van der Waals surface area contributed by atoms with Gasteiger partial charge in [-0.1, -0.05) is 30.3 Å². The Hall–Kier alpha value is -3.47. The molecule has 0 aliphatic carbocycles. The van der Waals surface area contributed by atoms with Crippen molar-refractivity contribution in [1.29, 1.82) is 0 Å². The fourth-order valence-electron chi connectivity index (χ4n) is 2.74. The highest BCUT2D eigenvalue weighted by Gasteiger charge is 2.09. The van der Waals surface area contributed by atoms with Gasteiger partial charge >= 0.3 is 5.97 Å². The molecule has 0 N–H and O–H groups in total. The molecule has 3 rings (SSSR count). The second-order valence-corrected chi connectivity index (χ2v) is 6.77. The zero-order chi connectivity index (χ0) is 20.5. The highest BCUT2D eigenvalue weighted by molar-refractivity contribution is 5.89. The molecule has 1 aromatic heterocycles. The Labute approximate surface area is 170 Å². The molecule has 2 aromatic carbocycles. The van der Waals surface area contributed by atoms with E-state index in [1.807, 2.05) is 42.5 Å². The first-order valence-electron chi connectivity index (χ1n) is 9.46. The normalized spacial score (nSPS) is 10.4. The van der Waals surface area contributed by atoms with Crippen LogP contribution in [0.2, 0.25) is 0 Å². The van der Waals surface area contributed by atoms with Crippen LogP contribution in [0.1, 0.15) is 40.4 Å². The van der Waals surface area contributed by atoms with Crippen LogP contribution in [0, 0.1) is 0 Å². The summed E-state index contributed by atoms with van der Waals surface area (Å²) < 4.78 is 11.2. The fraction of sp³-hybridized carbons (Fsp3) is 0.208. The van der Waals surface area contributed by atoms with Gasteiger partial charge in [0.1, 0.15) is 24.7 Å². The minimum Gasteiger partial charge on any atom is -0.489 e. The summed E-state index contributed by atoms with van der Waals surface area (Å²) in [4.78, 5) is 27.4. The molecule has 0 atom stereocenters. The Morgan fingerprint density at radius 1 is 0.897 bits per heavy atom. The number of rotatable bonds is 9. The van der Waals surface area contributed by atoms with E-state index >= 15 is 0 Å². The number of pyridine rings is 1. The second-order valence-electron chi connectivity index (χ2n) is 6.77. The molecule has 0 fully saturated rings. The Balaban J connectivity index is 1.52. The number of aryl methyl sites for hydroxylation is 1. The van der Waals surface area contributed by atoms with E-state index in [0.717, 1.165) is 28.9 Å². The predicted octanol–water partition coefficient (Wildman–Crippen LogP) is 4.54. The summed E-state index contributed by atoms with van der Waals surface area (Å²) in [6.07, 6.45) is 4.63. The number of esters is 1. The van der Waals surface area contributed by atoms with Crippen LogP contribution in [-0.2, 0) is 29.2 Å². The molecule has 5 heteroatoms. The molecule has 0 radical (unpaired) electrons. The van der Waals surface area contributed by atoms with Crippen LogP contribution >= 0.6 is 0 Å². The molecule has 29 heavy (non-hydrogen) atoms. The summed E-state index contributed by atoms with van der Waals surface area (Å²) in [5.74, 6) is 0.538. The van der Waals surface area contributed by atoms with Gasteiger partial charge in [0.25, 0.3) is 0 Å². The van der Waals surface area contributed by atoms with E-state index in [1.54, 1.807) is 37.5 Å². The number of benzene rings is 2. The lowest BCUT2D eigenvalue weighted by molar-refractivity contribution is -0.116. The molecule has 0 amide bonds. The van der Waals surface area contributed by atoms with Crippen LogP contribution in [0.5, 0.6) is 5.75 Å². The van der Waals surface area contributed by atoms with Gasteiger partial charge in [0.15, 0.2) is 0 Å². The maximum atomic E-state index is 12.3. The van der Waals surface area contributed by atoms with Crippen molar-refractivity contribution in [2.45, 2.75) is 33.0 Å².